The second kappa shape index (κ2) is 16.9. The molecule has 58 heavy (non-hydrogen) atoms. The SMILES string of the molecule is CC1(C)C(/C=C/C2=C(Cl)C(=C\C=C3/N(CCCCS(=O)(=O)O)c4ccc5ccccc5c4C3(C)C)/CCC2)=[N+](CCCCS(=O)(=O)O)c2ccc3ccccc3c21.[OH-]. The number of allylic oxidation sites excluding steroid dienone is 8. The lowest BCUT2D eigenvalue weighted by Crippen LogP contribution is -2.28. The quantitative estimate of drug-likeness (QED) is 0.0769. The Morgan fingerprint density at radius 3 is 1.98 bits per heavy atom. The summed E-state index contributed by atoms with van der Waals surface area (Å²) in [5, 5.41) is 5.46. The van der Waals surface area contributed by atoms with E-state index < -0.39 is 20.2 Å². The Hall–Kier alpha value is -4.10. The first-order valence-corrected chi connectivity index (χ1v) is 23.4. The summed E-state index contributed by atoms with van der Waals surface area (Å²) in [5.41, 5.74) is 8.33. The highest BCUT2D eigenvalue weighted by Crippen LogP contribution is 2.51. The Morgan fingerprint density at radius 2 is 1.33 bits per heavy atom. The van der Waals surface area contributed by atoms with E-state index >= 15 is 0 Å². The summed E-state index contributed by atoms with van der Waals surface area (Å²) in [6, 6.07) is 25.4. The third-order valence-corrected chi connectivity index (χ3v) is 14.0. The molecule has 308 valence electrons. The van der Waals surface area contributed by atoms with Crippen molar-refractivity contribution < 1.29 is 36.0 Å². The van der Waals surface area contributed by atoms with E-state index in [2.05, 4.69) is 122 Å². The normalized spacial score (nSPS) is 19.2. The fraction of sp³-hybridized carbons (Fsp3) is 0.370. The molecular weight excluding hydrogens is 792 g/mol. The maximum Gasteiger partial charge on any atom is 0.264 e. The van der Waals surface area contributed by atoms with Crippen LogP contribution in [0.2, 0.25) is 0 Å². The maximum atomic E-state index is 11.5. The van der Waals surface area contributed by atoms with Crippen molar-refractivity contribution in [2.75, 3.05) is 29.5 Å². The van der Waals surface area contributed by atoms with Crippen LogP contribution < -0.4 is 4.90 Å². The van der Waals surface area contributed by atoms with E-state index in [1.165, 1.54) is 32.7 Å². The Balaban J connectivity index is 0.00000567. The van der Waals surface area contributed by atoms with Crippen molar-refractivity contribution in [3.8, 4) is 0 Å². The zero-order valence-electron chi connectivity index (χ0n) is 33.6. The molecule has 0 spiro atoms. The molecule has 2 aliphatic heterocycles. The number of fused-ring (bicyclic) bond motifs is 6. The molecule has 0 aromatic heterocycles. The van der Waals surface area contributed by atoms with Crippen LogP contribution in [-0.4, -0.2) is 66.3 Å². The van der Waals surface area contributed by atoms with E-state index in [0.29, 0.717) is 38.8 Å². The van der Waals surface area contributed by atoms with E-state index in [-0.39, 0.29) is 27.8 Å². The molecule has 3 N–H and O–H groups in total. The summed E-state index contributed by atoms with van der Waals surface area (Å²) in [5.74, 6) is -0.529. The van der Waals surface area contributed by atoms with Gasteiger partial charge in [-0.05, 0) is 109 Å². The molecule has 2 heterocycles. The van der Waals surface area contributed by atoms with Gasteiger partial charge in [-0.3, -0.25) is 9.11 Å². The summed E-state index contributed by atoms with van der Waals surface area (Å²) in [6.07, 6.45) is 13.2. The van der Waals surface area contributed by atoms with Crippen molar-refractivity contribution in [3.05, 3.63) is 130 Å². The number of nitrogens with zero attached hydrogens (tertiary/aromatic N) is 2. The van der Waals surface area contributed by atoms with Crippen molar-refractivity contribution in [3.63, 3.8) is 0 Å². The molecular formula is C46H53ClN2O7S2. The summed E-state index contributed by atoms with van der Waals surface area (Å²) in [6.45, 7) is 10.2. The number of hydrogen-bond donors (Lipinski definition) is 2. The first kappa shape index (κ1) is 43.5. The van der Waals surface area contributed by atoms with Gasteiger partial charge in [-0.15, -0.1) is 0 Å². The lowest BCUT2D eigenvalue weighted by Gasteiger charge is -2.27. The van der Waals surface area contributed by atoms with E-state index in [1.807, 2.05) is 12.1 Å². The van der Waals surface area contributed by atoms with Gasteiger partial charge in [-0.25, -0.2) is 0 Å². The molecule has 0 atom stereocenters. The molecule has 4 aromatic rings. The predicted molar refractivity (Wildman–Crippen MR) is 236 cm³/mol. The zero-order valence-corrected chi connectivity index (χ0v) is 36.0. The number of hydrogen-bond acceptors (Lipinski definition) is 6. The van der Waals surface area contributed by atoms with Gasteiger partial charge in [0.25, 0.3) is 20.2 Å². The molecule has 7 rings (SSSR count). The van der Waals surface area contributed by atoms with Gasteiger partial charge >= 0.3 is 0 Å². The lowest BCUT2D eigenvalue weighted by atomic mass is 9.78. The van der Waals surface area contributed by atoms with Crippen molar-refractivity contribution >= 4 is 70.5 Å². The fourth-order valence-electron chi connectivity index (χ4n) is 9.23. The van der Waals surface area contributed by atoms with Gasteiger partial charge < -0.3 is 10.4 Å². The molecule has 1 aliphatic carbocycles. The second-order valence-electron chi connectivity index (χ2n) is 16.6. The van der Waals surface area contributed by atoms with Gasteiger partial charge in [-0.2, -0.15) is 21.4 Å². The van der Waals surface area contributed by atoms with Crippen LogP contribution in [0.3, 0.4) is 0 Å². The van der Waals surface area contributed by atoms with E-state index in [4.69, 9.17) is 11.6 Å². The van der Waals surface area contributed by atoms with Gasteiger partial charge in [0.05, 0.1) is 16.9 Å². The number of halogens is 1. The highest BCUT2D eigenvalue weighted by Gasteiger charge is 2.45. The van der Waals surface area contributed by atoms with Crippen LogP contribution in [0.1, 0.15) is 83.8 Å². The summed E-state index contributed by atoms with van der Waals surface area (Å²) in [4.78, 5) is 2.30. The van der Waals surface area contributed by atoms with E-state index in [9.17, 15) is 25.9 Å². The number of benzene rings is 4. The Bertz CT molecular complexity index is 2640. The molecule has 12 heteroatoms. The predicted octanol–water partition coefficient (Wildman–Crippen LogP) is 10.4. The van der Waals surface area contributed by atoms with Crippen LogP contribution in [0.25, 0.3) is 21.5 Å². The Labute approximate surface area is 347 Å². The standard InChI is InChI=1S/C46H51ClN2O6S2.H2O/c1-45(2)40(48(28-9-11-30-56(50,51)52)38-24-20-32-14-5-7-18-36(32)42(38)45)26-22-34-16-13-17-35(44(34)47)23-27-41-46(3,4)43-37-19-8-6-15-33(37)21-25-39(43)49(41)29-10-12-31-57(53,54)55;/h5-8,14-15,18-27H,9-13,16-17,28-31H2,1-4H3,(H-,50,51,52,53,54,55);1H2. The molecule has 9 nitrogen and oxygen atoms in total. The smallest absolute Gasteiger partial charge is 0.264 e. The summed E-state index contributed by atoms with van der Waals surface area (Å²) >= 11 is 7.29. The van der Waals surface area contributed by atoms with E-state index in [1.54, 1.807) is 0 Å². The van der Waals surface area contributed by atoms with Gasteiger partial charge in [0.15, 0.2) is 5.71 Å². The van der Waals surface area contributed by atoms with Gasteiger partial charge in [0, 0.05) is 52.5 Å². The average molecular weight is 846 g/mol. The van der Waals surface area contributed by atoms with Crippen LogP contribution in [0, 0.1) is 0 Å². The van der Waals surface area contributed by atoms with Crippen LogP contribution in [0.5, 0.6) is 0 Å². The Morgan fingerprint density at radius 1 is 0.724 bits per heavy atom. The number of rotatable bonds is 13. The largest absolute Gasteiger partial charge is 0.870 e. The zero-order chi connectivity index (χ0) is 40.8. The van der Waals surface area contributed by atoms with Gasteiger partial charge in [0.2, 0.25) is 5.69 Å². The van der Waals surface area contributed by atoms with Gasteiger partial charge in [-0.1, -0.05) is 92.2 Å². The van der Waals surface area contributed by atoms with Crippen molar-refractivity contribution in [1.82, 2.24) is 0 Å². The monoisotopic (exact) mass is 844 g/mol. The highest BCUT2D eigenvalue weighted by atomic mass is 35.5. The topological polar surface area (TPSA) is 145 Å². The number of anilines is 1. The molecule has 0 radical (unpaired) electrons. The third-order valence-electron chi connectivity index (χ3n) is 11.9. The minimum atomic E-state index is -4.04. The van der Waals surface area contributed by atoms with Crippen molar-refractivity contribution in [2.24, 2.45) is 0 Å². The van der Waals surface area contributed by atoms with Gasteiger partial charge in [0.1, 0.15) is 6.54 Å². The van der Waals surface area contributed by atoms with Crippen molar-refractivity contribution in [1.29, 1.82) is 0 Å². The molecule has 3 aliphatic rings. The highest BCUT2D eigenvalue weighted by molar-refractivity contribution is 7.86. The van der Waals surface area contributed by atoms with E-state index in [0.717, 1.165) is 58.2 Å². The Kier molecular flexibility index (Phi) is 12.6. The second-order valence-corrected chi connectivity index (χ2v) is 20.1. The molecule has 0 bridgehead atoms. The van der Waals surface area contributed by atoms with Crippen LogP contribution in [-0.2, 0) is 31.1 Å². The number of unbranched alkanes of at least 4 members (excludes halogenated alkanes) is 2. The maximum absolute atomic E-state index is 11.5. The molecule has 0 amide bonds. The first-order chi connectivity index (χ1) is 27.0. The average Bonchev–Trinajstić information content (AvgIpc) is 3.51. The van der Waals surface area contributed by atoms with Crippen LogP contribution in [0.4, 0.5) is 11.4 Å². The van der Waals surface area contributed by atoms with Crippen LogP contribution >= 0.6 is 11.6 Å². The molecule has 4 aromatic carbocycles. The third kappa shape index (κ3) is 8.76. The fourth-order valence-corrected chi connectivity index (χ4v) is 10.7. The lowest BCUT2D eigenvalue weighted by molar-refractivity contribution is -0.438. The molecule has 0 saturated carbocycles. The first-order valence-electron chi connectivity index (χ1n) is 19.8. The van der Waals surface area contributed by atoms with Crippen molar-refractivity contribution in [2.45, 2.75) is 83.5 Å². The molecule has 0 fully saturated rings. The summed E-state index contributed by atoms with van der Waals surface area (Å²) in [7, 11) is -8.07. The summed E-state index contributed by atoms with van der Waals surface area (Å²) < 4.78 is 67.0. The minimum absolute atomic E-state index is 0. The minimum Gasteiger partial charge on any atom is -0.870 e. The molecule has 0 saturated heterocycles. The van der Waals surface area contributed by atoms with Crippen LogP contribution in [0.15, 0.2) is 119 Å². The molecule has 0 unspecified atom stereocenters.